The van der Waals surface area contributed by atoms with Crippen molar-refractivity contribution in [2.24, 2.45) is 0 Å². The Balaban J connectivity index is 1.78. The first-order chi connectivity index (χ1) is 15.2. The second-order valence-electron chi connectivity index (χ2n) is 7.96. The van der Waals surface area contributed by atoms with E-state index in [1.54, 1.807) is 45.0 Å². The third-order valence-corrected chi connectivity index (χ3v) is 4.41. The van der Waals surface area contributed by atoms with Gasteiger partial charge in [-0.15, -0.1) is 5.10 Å². The van der Waals surface area contributed by atoms with Gasteiger partial charge in [0.1, 0.15) is 12.1 Å². The molecule has 0 aliphatic carbocycles. The van der Waals surface area contributed by atoms with Crippen LogP contribution in [0.2, 0.25) is 0 Å². The molecule has 1 N–H and O–H groups in total. The smallest absolute Gasteiger partial charge is 0.465 e. The first-order valence-corrected chi connectivity index (χ1v) is 9.48. The molecule has 176 valence electrons. The number of anilines is 1. The van der Waals surface area contributed by atoms with Crippen molar-refractivity contribution in [3.05, 3.63) is 54.9 Å². The molecule has 0 aliphatic heterocycles. The lowest BCUT2D eigenvalue weighted by atomic mass is 10.0. The maximum atomic E-state index is 13.0. The van der Waals surface area contributed by atoms with Crippen molar-refractivity contribution in [1.29, 1.82) is 0 Å². The average Bonchev–Trinajstić information content (AvgIpc) is 3.17. The number of halogens is 5. The Hall–Kier alpha value is -3.70. The van der Waals surface area contributed by atoms with Crippen LogP contribution in [0, 0.1) is 0 Å². The number of alkyl halides is 5. The molecule has 0 bridgehead atoms. The summed E-state index contributed by atoms with van der Waals surface area (Å²) in [6.45, 7) is 5.29. The summed E-state index contributed by atoms with van der Waals surface area (Å²) >= 11 is 0. The molecule has 1 heterocycles. The van der Waals surface area contributed by atoms with E-state index in [2.05, 4.69) is 14.8 Å². The zero-order valence-electron chi connectivity index (χ0n) is 17.6. The van der Waals surface area contributed by atoms with Gasteiger partial charge in [0, 0.05) is 16.8 Å². The van der Waals surface area contributed by atoms with Gasteiger partial charge < -0.3 is 9.84 Å². The lowest BCUT2D eigenvalue weighted by Crippen LogP contribution is -2.45. The minimum Gasteiger partial charge on any atom is -0.465 e. The van der Waals surface area contributed by atoms with Gasteiger partial charge in [0.05, 0.1) is 5.69 Å². The minimum absolute atomic E-state index is 0.295. The molecule has 0 radical (unpaired) electrons. The molecule has 3 aromatic rings. The summed E-state index contributed by atoms with van der Waals surface area (Å²) in [5, 5.41) is 13.8. The van der Waals surface area contributed by atoms with Gasteiger partial charge in [0.15, 0.2) is 5.82 Å². The summed E-state index contributed by atoms with van der Waals surface area (Å²) in [5.41, 5.74) is 0.733. The standard InChI is InChI=1S/C21H19F5N4O3/c1-19(2,3)30(18(31)32)15-6-4-13(5-7-15)17-27-12-29(28-17)14-8-10-16(11-9-14)33-21(25,26)20(22,23)24/h4-12H,1-3H3,(H,31,32). The molecule has 1 amide bonds. The van der Waals surface area contributed by atoms with E-state index in [0.29, 0.717) is 22.8 Å². The van der Waals surface area contributed by atoms with Gasteiger partial charge in [-0.3, -0.25) is 4.90 Å². The van der Waals surface area contributed by atoms with Crippen LogP contribution in [0.1, 0.15) is 20.8 Å². The fourth-order valence-electron chi connectivity index (χ4n) is 2.94. The van der Waals surface area contributed by atoms with Crippen LogP contribution in [0.25, 0.3) is 17.1 Å². The van der Waals surface area contributed by atoms with Crippen LogP contribution in [-0.2, 0) is 0 Å². The molecule has 0 saturated carbocycles. The van der Waals surface area contributed by atoms with Gasteiger partial charge in [0.2, 0.25) is 0 Å². The SMILES string of the molecule is CC(C)(C)N(C(=O)O)c1ccc(-c2ncn(-c3ccc(OC(F)(F)C(F)(F)F)cc3)n2)cc1. The van der Waals surface area contributed by atoms with Gasteiger partial charge >= 0.3 is 18.4 Å². The van der Waals surface area contributed by atoms with Crippen molar-refractivity contribution >= 4 is 11.8 Å². The summed E-state index contributed by atoms with van der Waals surface area (Å²) < 4.78 is 67.9. The Bertz CT molecular complexity index is 1120. The van der Waals surface area contributed by atoms with E-state index in [1.807, 2.05) is 0 Å². The number of nitrogens with zero attached hydrogens (tertiary/aromatic N) is 4. The summed E-state index contributed by atoms with van der Waals surface area (Å²) in [7, 11) is 0. The number of hydrogen-bond acceptors (Lipinski definition) is 4. The molecule has 0 fully saturated rings. The van der Waals surface area contributed by atoms with Crippen LogP contribution in [0.3, 0.4) is 0 Å². The first kappa shape index (κ1) is 24.0. The van der Waals surface area contributed by atoms with Gasteiger partial charge in [-0.25, -0.2) is 14.5 Å². The van der Waals surface area contributed by atoms with E-state index in [9.17, 15) is 31.9 Å². The number of carboxylic acid groups (broad SMARTS) is 1. The van der Waals surface area contributed by atoms with Crippen LogP contribution < -0.4 is 9.64 Å². The topological polar surface area (TPSA) is 80.5 Å². The van der Waals surface area contributed by atoms with Crippen molar-refractivity contribution < 1.29 is 36.6 Å². The highest BCUT2D eigenvalue weighted by Gasteiger charge is 2.61. The molecular weight excluding hydrogens is 451 g/mol. The summed E-state index contributed by atoms with van der Waals surface area (Å²) in [6.07, 6.45) is -10.9. The summed E-state index contributed by atoms with van der Waals surface area (Å²) in [5.74, 6) is -0.373. The van der Waals surface area contributed by atoms with Gasteiger partial charge in [-0.1, -0.05) is 0 Å². The number of hydrogen-bond donors (Lipinski definition) is 1. The maximum absolute atomic E-state index is 13.0. The molecule has 7 nitrogen and oxygen atoms in total. The second-order valence-corrected chi connectivity index (χ2v) is 7.96. The number of ether oxygens (including phenoxy) is 1. The van der Waals surface area contributed by atoms with Crippen molar-refractivity contribution in [3.63, 3.8) is 0 Å². The average molecular weight is 470 g/mol. The molecular formula is C21H19F5N4O3. The number of aromatic nitrogens is 3. The Morgan fingerprint density at radius 2 is 1.55 bits per heavy atom. The molecule has 0 unspecified atom stereocenters. The molecule has 0 aliphatic rings. The number of benzene rings is 2. The zero-order chi connectivity index (χ0) is 24.6. The highest BCUT2D eigenvalue weighted by Crippen LogP contribution is 2.37. The molecule has 33 heavy (non-hydrogen) atoms. The third kappa shape index (κ3) is 5.21. The van der Waals surface area contributed by atoms with Crippen molar-refractivity contribution in [1.82, 2.24) is 14.8 Å². The number of carbonyl (C=O) groups is 1. The lowest BCUT2D eigenvalue weighted by molar-refractivity contribution is -0.360. The third-order valence-electron chi connectivity index (χ3n) is 4.41. The van der Waals surface area contributed by atoms with Crippen LogP contribution in [0.15, 0.2) is 54.9 Å². The highest BCUT2D eigenvalue weighted by atomic mass is 19.4. The van der Waals surface area contributed by atoms with Gasteiger partial charge in [0.25, 0.3) is 0 Å². The predicted octanol–water partition coefficient (Wildman–Crippen LogP) is 5.75. The van der Waals surface area contributed by atoms with Crippen LogP contribution >= 0.6 is 0 Å². The van der Waals surface area contributed by atoms with Gasteiger partial charge in [-0.05, 0) is 69.3 Å². The lowest BCUT2D eigenvalue weighted by Gasteiger charge is -2.33. The monoisotopic (exact) mass is 470 g/mol. The number of amides is 1. The number of rotatable bonds is 5. The molecule has 2 aromatic carbocycles. The quantitative estimate of drug-likeness (QED) is 0.480. The van der Waals surface area contributed by atoms with E-state index in [4.69, 9.17) is 0 Å². The normalized spacial score (nSPS) is 12.5. The molecule has 12 heteroatoms. The fourth-order valence-corrected chi connectivity index (χ4v) is 2.94. The zero-order valence-corrected chi connectivity index (χ0v) is 17.6. The Morgan fingerprint density at radius 3 is 2.03 bits per heavy atom. The van der Waals surface area contributed by atoms with E-state index in [1.165, 1.54) is 28.0 Å². The van der Waals surface area contributed by atoms with E-state index in [-0.39, 0.29) is 0 Å². The van der Waals surface area contributed by atoms with Crippen LogP contribution in [0.5, 0.6) is 5.75 Å². The van der Waals surface area contributed by atoms with Crippen LogP contribution in [0.4, 0.5) is 32.4 Å². The second kappa shape index (κ2) is 8.34. The highest BCUT2D eigenvalue weighted by molar-refractivity contribution is 5.87. The Kier molecular flexibility index (Phi) is 6.05. The van der Waals surface area contributed by atoms with E-state index >= 15 is 0 Å². The Morgan fingerprint density at radius 1 is 0.970 bits per heavy atom. The first-order valence-electron chi connectivity index (χ1n) is 9.48. The molecule has 0 saturated heterocycles. The molecule has 0 atom stereocenters. The summed E-state index contributed by atoms with van der Waals surface area (Å²) in [4.78, 5) is 17.0. The Labute approximate surface area is 185 Å². The summed E-state index contributed by atoms with van der Waals surface area (Å²) in [6, 6.07) is 10.9. The molecule has 1 aromatic heterocycles. The van der Waals surface area contributed by atoms with Crippen molar-refractivity contribution in [2.75, 3.05) is 4.90 Å². The van der Waals surface area contributed by atoms with Crippen molar-refractivity contribution in [3.8, 4) is 22.8 Å². The molecule has 0 spiro atoms. The maximum Gasteiger partial charge on any atom is 0.499 e. The van der Waals surface area contributed by atoms with E-state index < -0.39 is 29.7 Å². The fraction of sp³-hybridized carbons (Fsp3) is 0.286. The minimum atomic E-state index is -5.84. The van der Waals surface area contributed by atoms with Crippen molar-refractivity contribution in [2.45, 2.75) is 38.6 Å². The van der Waals surface area contributed by atoms with Gasteiger partial charge in [-0.2, -0.15) is 22.0 Å². The van der Waals surface area contributed by atoms with Crippen LogP contribution in [-0.4, -0.2) is 43.8 Å². The largest absolute Gasteiger partial charge is 0.499 e. The molecule has 3 rings (SSSR count). The predicted molar refractivity (Wildman–Crippen MR) is 109 cm³/mol. The van der Waals surface area contributed by atoms with E-state index in [0.717, 1.165) is 12.1 Å².